The Bertz CT molecular complexity index is 2290. The zero-order valence-corrected chi connectivity index (χ0v) is 25.8. The molecule has 0 saturated heterocycles. The number of fused-ring (bicyclic) bond motifs is 5. The number of hydrogen-bond acceptors (Lipinski definition) is 3. The summed E-state index contributed by atoms with van der Waals surface area (Å²) in [5.74, 6) is 1.71. The van der Waals surface area contributed by atoms with E-state index < -0.39 is 0 Å². The van der Waals surface area contributed by atoms with E-state index in [0.29, 0.717) is 0 Å². The molecule has 3 heteroatoms. The van der Waals surface area contributed by atoms with E-state index in [9.17, 15) is 0 Å². The summed E-state index contributed by atoms with van der Waals surface area (Å²) in [6.07, 6.45) is 0. The Hall–Kier alpha value is -5.80. The summed E-state index contributed by atoms with van der Waals surface area (Å²) in [6.45, 7) is 4.67. The van der Waals surface area contributed by atoms with Crippen molar-refractivity contribution < 1.29 is 4.74 Å². The second-order valence-corrected chi connectivity index (χ2v) is 12.7. The van der Waals surface area contributed by atoms with Crippen molar-refractivity contribution in [3.8, 4) is 33.8 Å². The maximum atomic E-state index is 6.74. The van der Waals surface area contributed by atoms with Gasteiger partial charge in [0.2, 0.25) is 0 Å². The molecule has 1 aliphatic heterocycles. The summed E-state index contributed by atoms with van der Waals surface area (Å²) in [7, 11) is 0. The van der Waals surface area contributed by atoms with Gasteiger partial charge >= 0.3 is 0 Å². The Morgan fingerprint density at radius 3 is 2.07 bits per heavy atom. The molecule has 0 spiro atoms. The minimum atomic E-state index is -0.0845. The van der Waals surface area contributed by atoms with Crippen LogP contribution in [0.5, 0.6) is 11.5 Å². The van der Waals surface area contributed by atoms with Crippen molar-refractivity contribution in [3.63, 3.8) is 0 Å². The average molecular weight is 593 g/mol. The molecule has 0 bridgehead atoms. The quantitative estimate of drug-likeness (QED) is 0.215. The number of ether oxygens (including phenoxy) is 1. The lowest BCUT2D eigenvalue weighted by Crippen LogP contribution is -2.16. The SMILES string of the molecule is CC1(C)c2ccccc2-c2ccc(N(c3ccccc3)c3ccc4c(c3)-c3cccc5ccc(Nc6ccccc6)c(c35)O4)cc21. The van der Waals surface area contributed by atoms with Crippen LogP contribution in [0.2, 0.25) is 0 Å². The topological polar surface area (TPSA) is 24.5 Å². The van der Waals surface area contributed by atoms with Crippen LogP contribution >= 0.6 is 0 Å². The van der Waals surface area contributed by atoms with Crippen molar-refractivity contribution in [2.45, 2.75) is 19.3 Å². The predicted molar refractivity (Wildman–Crippen MR) is 191 cm³/mol. The van der Waals surface area contributed by atoms with Crippen LogP contribution in [-0.2, 0) is 5.41 Å². The van der Waals surface area contributed by atoms with Gasteiger partial charge in [-0.25, -0.2) is 0 Å². The van der Waals surface area contributed by atoms with Crippen molar-refractivity contribution in [2.24, 2.45) is 0 Å². The third-order valence-electron chi connectivity index (χ3n) is 9.61. The highest BCUT2D eigenvalue weighted by Gasteiger charge is 2.36. The van der Waals surface area contributed by atoms with E-state index >= 15 is 0 Å². The Morgan fingerprint density at radius 1 is 0.522 bits per heavy atom. The van der Waals surface area contributed by atoms with Crippen molar-refractivity contribution in [2.75, 3.05) is 10.2 Å². The summed E-state index contributed by atoms with van der Waals surface area (Å²) in [5, 5.41) is 5.86. The number of nitrogens with one attached hydrogen (secondary N) is 1. The Labute approximate surface area is 269 Å². The van der Waals surface area contributed by atoms with Crippen molar-refractivity contribution in [1.82, 2.24) is 0 Å². The minimum Gasteiger partial charge on any atom is -0.454 e. The van der Waals surface area contributed by atoms with Crippen molar-refractivity contribution >= 4 is 39.2 Å². The monoisotopic (exact) mass is 592 g/mol. The molecule has 7 aromatic rings. The number of anilines is 5. The first kappa shape index (κ1) is 26.6. The largest absolute Gasteiger partial charge is 0.454 e. The summed E-state index contributed by atoms with van der Waals surface area (Å²) in [5.41, 5.74) is 12.9. The fourth-order valence-electron chi connectivity index (χ4n) is 7.37. The van der Waals surface area contributed by atoms with Gasteiger partial charge in [0.15, 0.2) is 5.75 Å². The lowest BCUT2D eigenvalue weighted by molar-refractivity contribution is 0.489. The molecule has 0 fully saturated rings. The fraction of sp³-hybridized carbons (Fsp3) is 0.0698. The molecule has 0 aromatic heterocycles. The Morgan fingerprint density at radius 2 is 1.22 bits per heavy atom. The van der Waals surface area contributed by atoms with Gasteiger partial charge < -0.3 is 15.0 Å². The molecular weight excluding hydrogens is 560 g/mol. The summed E-state index contributed by atoms with van der Waals surface area (Å²) in [6, 6.07) is 54.0. The van der Waals surface area contributed by atoms with Crippen LogP contribution < -0.4 is 15.0 Å². The maximum Gasteiger partial charge on any atom is 0.159 e. The number of para-hydroxylation sites is 2. The van der Waals surface area contributed by atoms with Gasteiger partial charge in [0, 0.05) is 39.1 Å². The predicted octanol–water partition coefficient (Wildman–Crippen LogP) is 12.1. The van der Waals surface area contributed by atoms with E-state index in [2.05, 4.69) is 158 Å². The minimum absolute atomic E-state index is 0.0845. The van der Waals surface area contributed by atoms with Crippen molar-refractivity contribution in [1.29, 1.82) is 0 Å². The number of nitrogens with zero attached hydrogens (tertiary/aromatic N) is 1. The smallest absolute Gasteiger partial charge is 0.159 e. The average Bonchev–Trinajstić information content (AvgIpc) is 3.33. The van der Waals surface area contributed by atoms with E-state index in [4.69, 9.17) is 4.74 Å². The molecule has 0 amide bonds. The zero-order chi connectivity index (χ0) is 30.8. The van der Waals surface area contributed by atoms with Gasteiger partial charge in [-0.3, -0.25) is 0 Å². The molecule has 0 radical (unpaired) electrons. The van der Waals surface area contributed by atoms with Gasteiger partial charge in [-0.2, -0.15) is 0 Å². The Balaban J connectivity index is 1.19. The normalized spacial score (nSPS) is 13.3. The molecular formula is C43H32N2O. The van der Waals surface area contributed by atoms with Gasteiger partial charge in [0.1, 0.15) is 5.75 Å². The first-order valence-corrected chi connectivity index (χ1v) is 15.9. The molecule has 1 heterocycles. The number of hydrogen-bond donors (Lipinski definition) is 1. The first-order chi connectivity index (χ1) is 22.6. The van der Waals surface area contributed by atoms with Crippen LogP contribution in [0.1, 0.15) is 25.0 Å². The van der Waals surface area contributed by atoms with Crippen LogP contribution in [0.15, 0.2) is 152 Å². The number of rotatable bonds is 5. The second-order valence-electron chi connectivity index (χ2n) is 12.7. The number of benzene rings is 7. The Kier molecular flexibility index (Phi) is 5.85. The molecule has 9 rings (SSSR count). The molecule has 7 aromatic carbocycles. The molecule has 0 saturated carbocycles. The van der Waals surface area contributed by atoms with E-state index in [0.717, 1.165) is 56.3 Å². The van der Waals surface area contributed by atoms with Gasteiger partial charge in [-0.15, -0.1) is 0 Å². The molecule has 1 aliphatic carbocycles. The third kappa shape index (κ3) is 4.05. The van der Waals surface area contributed by atoms with Crippen molar-refractivity contribution in [3.05, 3.63) is 163 Å². The van der Waals surface area contributed by atoms with Crippen LogP contribution in [0.4, 0.5) is 28.4 Å². The summed E-state index contributed by atoms with van der Waals surface area (Å²) >= 11 is 0. The van der Waals surface area contributed by atoms with Gasteiger partial charge in [0.05, 0.1) is 5.69 Å². The van der Waals surface area contributed by atoms with Crippen LogP contribution in [0.25, 0.3) is 33.0 Å². The van der Waals surface area contributed by atoms with Gasteiger partial charge in [0.25, 0.3) is 0 Å². The third-order valence-corrected chi connectivity index (χ3v) is 9.61. The van der Waals surface area contributed by atoms with Crippen LogP contribution in [-0.4, -0.2) is 0 Å². The van der Waals surface area contributed by atoms with Crippen LogP contribution in [0, 0.1) is 0 Å². The van der Waals surface area contributed by atoms with E-state index in [1.807, 2.05) is 18.2 Å². The summed E-state index contributed by atoms with van der Waals surface area (Å²) in [4.78, 5) is 2.36. The highest BCUT2D eigenvalue weighted by atomic mass is 16.5. The lowest BCUT2D eigenvalue weighted by Gasteiger charge is -2.30. The highest BCUT2D eigenvalue weighted by molar-refractivity contribution is 6.07. The second kappa shape index (κ2) is 10.1. The molecule has 2 aliphatic rings. The zero-order valence-electron chi connectivity index (χ0n) is 25.8. The fourth-order valence-corrected chi connectivity index (χ4v) is 7.37. The van der Waals surface area contributed by atoms with E-state index in [1.165, 1.54) is 27.8 Å². The molecule has 1 N–H and O–H groups in total. The van der Waals surface area contributed by atoms with E-state index in [-0.39, 0.29) is 5.41 Å². The standard InChI is InChI=1S/C43H32N2O/c1-43(2)37-19-10-9-17-33(37)34-23-21-32(27-38(34)43)45(30-15-7-4-8-16-30)31-22-25-40-36(26-31)35-18-11-12-28-20-24-39(42(46-40)41(28)35)44-29-13-5-3-6-14-29/h3-27,44H,1-2H3. The molecule has 46 heavy (non-hydrogen) atoms. The van der Waals surface area contributed by atoms with Gasteiger partial charge in [-0.1, -0.05) is 105 Å². The highest BCUT2D eigenvalue weighted by Crippen LogP contribution is 2.53. The first-order valence-electron chi connectivity index (χ1n) is 15.9. The molecule has 0 atom stereocenters. The van der Waals surface area contributed by atoms with Gasteiger partial charge in [-0.05, 0) is 93.9 Å². The molecule has 220 valence electrons. The van der Waals surface area contributed by atoms with Crippen LogP contribution in [0.3, 0.4) is 0 Å². The summed E-state index contributed by atoms with van der Waals surface area (Å²) < 4.78 is 6.74. The van der Waals surface area contributed by atoms with E-state index in [1.54, 1.807) is 0 Å². The maximum absolute atomic E-state index is 6.74. The lowest BCUT2D eigenvalue weighted by atomic mass is 9.82. The molecule has 3 nitrogen and oxygen atoms in total. The molecule has 0 unspecified atom stereocenters.